The summed E-state index contributed by atoms with van der Waals surface area (Å²) in [6.07, 6.45) is 6.16. The Morgan fingerprint density at radius 3 is 2.32 bits per heavy atom. The molecule has 0 saturated carbocycles. The Labute approximate surface area is 188 Å². The van der Waals surface area contributed by atoms with Crippen LogP contribution in [0.25, 0.3) is 0 Å². The third kappa shape index (κ3) is 4.49. The summed E-state index contributed by atoms with van der Waals surface area (Å²) in [5.74, 6) is 0. The summed E-state index contributed by atoms with van der Waals surface area (Å²) in [7, 11) is 1.53. The number of hydrogen-bond acceptors (Lipinski definition) is 3. The molecule has 2 amide bonds. The molecular weight excluding hydrogens is 410 g/mol. The number of urea groups is 1. The van der Waals surface area contributed by atoms with Gasteiger partial charge < -0.3 is 9.80 Å². The van der Waals surface area contributed by atoms with Gasteiger partial charge in [-0.1, -0.05) is 26.8 Å². The van der Waals surface area contributed by atoms with Gasteiger partial charge in [-0.2, -0.15) is 0 Å². The molecule has 1 atom stereocenters. The van der Waals surface area contributed by atoms with E-state index in [0.717, 1.165) is 50.8 Å². The second kappa shape index (κ2) is 8.74. The van der Waals surface area contributed by atoms with Gasteiger partial charge in [0.05, 0.1) is 4.90 Å². The first-order chi connectivity index (χ1) is 14.4. The Bertz CT molecular complexity index is 920. The molecule has 0 aromatic heterocycles. The normalized spacial score (nSPS) is 23.5. The number of piperidine rings is 1. The van der Waals surface area contributed by atoms with E-state index in [2.05, 4.69) is 20.8 Å². The lowest BCUT2D eigenvalue weighted by Gasteiger charge is -2.50. The fourth-order valence-electron chi connectivity index (χ4n) is 5.03. The molecule has 1 aromatic rings. The quantitative estimate of drug-likeness (QED) is 0.680. The van der Waals surface area contributed by atoms with Crippen LogP contribution in [0.3, 0.4) is 0 Å². The molecule has 6 nitrogen and oxygen atoms in total. The van der Waals surface area contributed by atoms with Crippen LogP contribution in [0.2, 0.25) is 0 Å². The van der Waals surface area contributed by atoms with Gasteiger partial charge >= 0.3 is 6.03 Å². The van der Waals surface area contributed by atoms with E-state index in [0.29, 0.717) is 11.4 Å². The molecule has 0 bridgehead atoms. The number of likely N-dealkylation sites (tertiary alicyclic amines) is 1. The lowest BCUT2D eigenvalue weighted by molar-refractivity contribution is 0.114. The van der Waals surface area contributed by atoms with Crippen LogP contribution in [-0.4, -0.2) is 69.3 Å². The number of carbonyl (C=O) groups is 1. The van der Waals surface area contributed by atoms with Gasteiger partial charge in [0, 0.05) is 40.8 Å². The number of benzene rings is 1. The van der Waals surface area contributed by atoms with E-state index in [1.54, 1.807) is 20.2 Å². The number of sulfonamides is 1. The fraction of sp³-hybridized carbons (Fsp3) is 0.708. The van der Waals surface area contributed by atoms with Crippen LogP contribution in [-0.2, 0) is 21.9 Å². The highest BCUT2D eigenvalue weighted by Crippen LogP contribution is 2.52. The highest BCUT2D eigenvalue weighted by atomic mass is 32.2. The fourth-order valence-corrected chi connectivity index (χ4v) is 5.96. The molecule has 1 heterocycles. The van der Waals surface area contributed by atoms with E-state index in [1.165, 1.54) is 16.3 Å². The van der Waals surface area contributed by atoms with Crippen molar-refractivity contribution < 1.29 is 13.2 Å². The summed E-state index contributed by atoms with van der Waals surface area (Å²) in [4.78, 5) is 17.1. The second-order valence-corrected chi connectivity index (χ2v) is 12.5. The van der Waals surface area contributed by atoms with Gasteiger partial charge in [-0.3, -0.25) is 0 Å². The number of fused-ring (bicyclic) bond motifs is 1. The van der Waals surface area contributed by atoms with Gasteiger partial charge in [0.25, 0.3) is 0 Å². The highest BCUT2D eigenvalue weighted by molar-refractivity contribution is 7.89. The minimum Gasteiger partial charge on any atom is -0.328 e. The Morgan fingerprint density at radius 2 is 1.71 bits per heavy atom. The van der Waals surface area contributed by atoms with Crippen LogP contribution in [0.4, 0.5) is 4.79 Å². The van der Waals surface area contributed by atoms with Gasteiger partial charge in [0.2, 0.25) is 10.0 Å². The molecule has 174 valence electrons. The Morgan fingerprint density at radius 1 is 1.06 bits per heavy atom. The van der Waals surface area contributed by atoms with E-state index in [1.807, 2.05) is 29.0 Å². The minimum absolute atomic E-state index is 0.00445. The van der Waals surface area contributed by atoms with Crippen LogP contribution in [0.5, 0.6) is 0 Å². The monoisotopic (exact) mass is 449 g/mol. The first-order valence-electron chi connectivity index (χ1n) is 11.5. The average molecular weight is 450 g/mol. The molecule has 7 heteroatoms. The molecule has 1 saturated heterocycles. The van der Waals surface area contributed by atoms with Crippen molar-refractivity contribution in [3.8, 4) is 0 Å². The van der Waals surface area contributed by atoms with E-state index < -0.39 is 10.0 Å². The number of aryl methyl sites for hydroxylation is 1. The third-order valence-electron chi connectivity index (χ3n) is 7.87. The van der Waals surface area contributed by atoms with Crippen molar-refractivity contribution in [2.75, 3.05) is 40.8 Å². The van der Waals surface area contributed by atoms with Crippen LogP contribution in [0.1, 0.15) is 64.0 Å². The third-order valence-corrected chi connectivity index (χ3v) is 9.68. The summed E-state index contributed by atoms with van der Waals surface area (Å²) < 4.78 is 26.8. The molecule has 3 rings (SSSR count). The maximum Gasteiger partial charge on any atom is 0.319 e. The zero-order valence-corrected chi connectivity index (χ0v) is 20.9. The predicted molar refractivity (Wildman–Crippen MR) is 125 cm³/mol. The van der Waals surface area contributed by atoms with Gasteiger partial charge in [-0.05, 0) is 72.6 Å². The molecule has 0 radical (unpaired) electrons. The number of nitrogens with zero attached hydrogens (tertiary/aromatic N) is 3. The van der Waals surface area contributed by atoms with Crippen molar-refractivity contribution in [1.29, 1.82) is 0 Å². The van der Waals surface area contributed by atoms with E-state index in [-0.39, 0.29) is 16.9 Å². The summed E-state index contributed by atoms with van der Waals surface area (Å²) in [6.45, 7) is 9.14. The van der Waals surface area contributed by atoms with Crippen molar-refractivity contribution in [3.05, 3.63) is 29.3 Å². The first-order valence-corrected chi connectivity index (χ1v) is 12.9. The molecular formula is C24H39N3O3S. The van der Waals surface area contributed by atoms with Crippen molar-refractivity contribution in [2.45, 2.75) is 69.6 Å². The molecule has 1 aromatic carbocycles. The van der Waals surface area contributed by atoms with Gasteiger partial charge in [0.1, 0.15) is 0 Å². The number of carbonyl (C=O) groups excluding carboxylic acids is 1. The zero-order valence-electron chi connectivity index (χ0n) is 20.1. The molecule has 1 aliphatic heterocycles. The molecule has 2 aliphatic rings. The Hall–Kier alpha value is -1.60. The van der Waals surface area contributed by atoms with Gasteiger partial charge in [-0.15, -0.1) is 0 Å². The summed E-state index contributed by atoms with van der Waals surface area (Å²) in [5.41, 5.74) is 2.11. The first kappa shape index (κ1) is 24.1. The van der Waals surface area contributed by atoms with Crippen molar-refractivity contribution in [3.63, 3.8) is 0 Å². The standard InChI is InChI=1S/C24H39N3O3S/c1-23(2)13-12-19-10-11-20(31(29,30)25(4)5)18-21(19)24(23,3)14-17-26(6)22(28)27-15-8-7-9-16-27/h10-11,18H,7-9,12-17H2,1-6H3/t24-/m0/s1. The van der Waals surface area contributed by atoms with Crippen molar-refractivity contribution in [2.24, 2.45) is 5.41 Å². The molecule has 0 spiro atoms. The maximum absolute atomic E-state index is 12.9. The Balaban J connectivity index is 1.89. The van der Waals surface area contributed by atoms with Crippen LogP contribution >= 0.6 is 0 Å². The average Bonchev–Trinajstić information content (AvgIpc) is 2.74. The lowest BCUT2D eigenvalue weighted by Crippen LogP contribution is -2.48. The van der Waals surface area contributed by atoms with E-state index in [4.69, 9.17) is 0 Å². The molecule has 1 aliphatic carbocycles. The second-order valence-electron chi connectivity index (χ2n) is 10.3. The number of hydrogen-bond donors (Lipinski definition) is 0. The SMILES string of the molecule is CN(CC[C@@]1(C)c2cc(S(=O)(=O)N(C)C)ccc2CCC1(C)C)C(=O)N1CCCCC1. The zero-order chi connectivity index (χ0) is 23.0. The smallest absolute Gasteiger partial charge is 0.319 e. The van der Waals surface area contributed by atoms with E-state index in [9.17, 15) is 13.2 Å². The summed E-state index contributed by atoms with van der Waals surface area (Å²) >= 11 is 0. The molecule has 31 heavy (non-hydrogen) atoms. The van der Waals surface area contributed by atoms with Crippen LogP contribution < -0.4 is 0 Å². The maximum atomic E-state index is 12.9. The summed E-state index contributed by atoms with van der Waals surface area (Å²) in [5, 5.41) is 0. The largest absolute Gasteiger partial charge is 0.328 e. The molecule has 0 unspecified atom stereocenters. The Kier molecular flexibility index (Phi) is 6.78. The van der Waals surface area contributed by atoms with Crippen molar-refractivity contribution in [1.82, 2.24) is 14.1 Å². The predicted octanol–water partition coefficient (Wildman–Crippen LogP) is 4.09. The topological polar surface area (TPSA) is 60.9 Å². The van der Waals surface area contributed by atoms with E-state index >= 15 is 0 Å². The minimum atomic E-state index is -3.49. The number of rotatable bonds is 5. The molecule has 1 fully saturated rings. The number of amides is 2. The van der Waals surface area contributed by atoms with Crippen molar-refractivity contribution >= 4 is 16.1 Å². The highest BCUT2D eigenvalue weighted by Gasteiger charge is 2.46. The van der Waals surface area contributed by atoms with Crippen LogP contribution in [0.15, 0.2) is 23.1 Å². The summed E-state index contributed by atoms with van der Waals surface area (Å²) in [6, 6.07) is 5.72. The molecule has 0 N–H and O–H groups in total. The van der Waals surface area contributed by atoms with Gasteiger partial charge in [-0.25, -0.2) is 17.5 Å². The van der Waals surface area contributed by atoms with Crippen LogP contribution in [0, 0.1) is 5.41 Å². The lowest BCUT2D eigenvalue weighted by atomic mass is 9.55. The van der Waals surface area contributed by atoms with Gasteiger partial charge in [0.15, 0.2) is 0 Å².